The molecule has 0 atom stereocenters. The predicted molar refractivity (Wildman–Crippen MR) is 129 cm³/mol. The third kappa shape index (κ3) is 4.46. The minimum absolute atomic E-state index is 0.0270. The highest BCUT2D eigenvalue weighted by molar-refractivity contribution is 5.83. The van der Waals surface area contributed by atoms with Crippen LogP contribution >= 0.6 is 0 Å². The van der Waals surface area contributed by atoms with Crippen molar-refractivity contribution in [3.63, 3.8) is 0 Å². The quantitative estimate of drug-likeness (QED) is 0.432. The zero-order valence-electron chi connectivity index (χ0n) is 19.3. The zero-order valence-corrected chi connectivity index (χ0v) is 19.3. The van der Waals surface area contributed by atoms with Gasteiger partial charge in [-0.2, -0.15) is 5.26 Å². The molecule has 35 heavy (non-hydrogen) atoms. The van der Waals surface area contributed by atoms with Crippen LogP contribution < -0.4 is 15.0 Å². The van der Waals surface area contributed by atoms with Crippen molar-refractivity contribution >= 4 is 28.1 Å². The number of anilines is 3. The smallest absolute Gasteiger partial charge is 0.242 e. The second kappa shape index (κ2) is 9.19. The van der Waals surface area contributed by atoms with Gasteiger partial charge in [-0.05, 0) is 44.3 Å². The maximum atomic E-state index is 15.0. The Labute approximate surface area is 200 Å². The van der Waals surface area contributed by atoms with Gasteiger partial charge in [0.1, 0.15) is 12.4 Å². The Morgan fingerprint density at radius 3 is 2.54 bits per heavy atom. The summed E-state index contributed by atoms with van der Waals surface area (Å²) in [7, 11) is 2.11. The lowest BCUT2D eigenvalue weighted by Gasteiger charge is -2.34. The van der Waals surface area contributed by atoms with Gasteiger partial charge in [-0.25, -0.2) is 18.7 Å². The van der Waals surface area contributed by atoms with Crippen LogP contribution in [0.4, 0.5) is 26.0 Å². The van der Waals surface area contributed by atoms with E-state index in [0.29, 0.717) is 11.4 Å². The van der Waals surface area contributed by atoms with Crippen LogP contribution in [0, 0.1) is 29.9 Å². The van der Waals surface area contributed by atoms with Gasteiger partial charge in [0.25, 0.3) is 0 Å². The topological polar surface area (TPSA) is 93.1 Å². The van der Waals surface area contributed by atoms with Gasteiger partial charge >= 0.3 is 0 Å². The number of nitrogens with zero attached hydrogens (tertiary/aromatic N) is 5. The van der Waals surface area contributed by atoms with E-state index in [0.717, 1.165) is 37.9 Å². The minimum atomic E-state index is -0.748. The van der Waals surface area contributed by atoms with Crippen molar-refractivity contribution < 1.29 is 13.5 Å². The molecule has 0 unspecified atom stereocenters. The number of fused-ring (bicyclic) bond motifs is 1. The number of aromatic amines is 1. The number of hydrogen-bond acceptors (Lipinski definition) is 7. The first kappa shape index (κ1) is 22.6. The number of aryl methyl sites for hydroxylation is 1. The fourth-order valence-electron chi connectivity index (χ4n) is 4.11. The van der Waals surface area contributed by atoms with E-state index in [2.05, 4.69) is 37.1 Å². The number of nitrogens with one attached hydrogen (secondary N) is 2. The summed E-state index contributed by atoms with van der Waals surface area (Å²) in [5.74, 6) is -1.77. The molecule has 1 fully saturated rings. The van der Waals surface area contributed by atoms with E-state index >= 15 is 0 Å². The lowest BCUT2D eigenvalue weighted by Crippen LogP contribution is -2.44. The van der Waals surface area contributed by atoms with Crippen LogP contribution in [0.15, 0.2) is 42.7 Å². The fraction of sp³-hybridized carbons (Fsp3) is 0.240. The number of halogens is 2. The third-order valence-corrected chi connectivity index (χ3v) is 6.03. The van der Waals surface area contributed by atoms with Crippen LogP contribution in [0.25, 0.3) is 10.9 Å². The number of nitriles is 1. The lowest BCUT2D eigenvalue weighted by atomic mass is 10.2. The molecule has 10 heteroatoms. The average Bonchev–Trinajstić information content (AvgIpc) is 3.26. The van der Waals surface area contributed by atoms with E-state index in [1.165, 1.54) is 12.4 Å². The molecule has 0 radical (unpaired) electrons. The summed E-state index contributed by atoms with van der Waals surface area (Å²) in [6.45, 7) is 5.64. The van der Waals surface area contributed by atoms with Crippen molar-refractivity contribution in [1.29, 1.82) is 5.26 Å². The summed E-state index contributed by atoms with van der Waals surface area (Å²) >= 11 is 0. The van der Waals surface area contributed by atoms with Crippen LogP contribution in [0.3, 0.4) is 0 Å². The molecular formula is C25H23F2N7O. The molecule has 0 aliphatic carbocycles. The van der Waals surface area contributed by atoms with Gasteiger partial charge < -0.3 is 24.8 Å². The van der Waals surface area contributed by atoms with E-state index in [4.69, 9.17) is 4.74 Å². The van der Waals surface area contributed by atoms with Crippen LogP contribution in [0.2, 0.25) is 0 Å². The maximum absolute atomic E-state index is 15.0. The molecule has 5 rings (SSSR count). The first-order valence-electron chi connectivity index (χ1n) is 11.1. The number of likely N-dealkylation sites (N-methyl/N-ethyl adjacent to an activating group) is 1. The van der Waals surface area contributed by atoms with E-state index < -0.39 is 11.6 Å². The number of H-pyrrole nitrogens is 1. The van der Waals surface area contributed by atoms with E-state index in [-0.39, 0.29) is 33.9 Å². The molecule has 0 spiro atoms. The molecular weight excluding hydrogens is 452 g/mol. The molecule has 1 aliphatic heterocycles. The second-order valence-corrected chi connectivity index (χ2v) is 8.49. The van der Waals surface area contributed by atoms with Crippen molar-refractivity contribution in [2.24, 2.45) is 0 Å². The highest BCUT2D eigenvalue weighted by Crippen LogP contribution is 2.34. The molecule has 3 heterocycles. The summed E-state index contributed by atoms with van der Waals surface area (Å²) in [5, 5.41) is 12.9. The van der Waals surface area contributed by atoms with Crippen LogP contribution in [0.1, 0.15) is 11.3 Å². The van der Waals surface area contributed by atoms with Gasteiger partial charge in [-0.15, -0.1) is 0 Å². The van der Waals surface area contributed by atoms with Gasteiger partial charge in [0.05, 0.1) is 5.52 Å². The number of ether oxygens (including phenoxy) is 1. The number of aromatic nitrogens is 3. The molecule has 0 amide bonds. The Morgan fingerprint density at radius 1 is 1.09 bits per heavy atom. The highest BCUT2D eigenvalue weighted by atomic mass is 19.1. The van der Waals surface area contributed by atoms with Gasteiger partial charge in [0.15, 0.2) is 28.8 Å². The predicted octanol–water partition coefficient (Wildman–Crippen LogP) is 4.70. The van der Waals surface area contributed by atoms with Crippen LogP contribution in [-0.4, -0.2) is 53.1 Å². The Morgan fingerprint density at radius 2 is 1.83 bits per heavy atom. The lowest BCUT2D eigenvalue weighted by molar-refractivity contribution is 0.313. The number of piperazine rings is 1. The van der Waals surface area contributed by atoms with Crippen molar-refractivity contribution in [3.05, 3.63) is 65.6 Å². The van der Waals surface area contributed by atoms with Crippen molar-refractivity contribution in [3.8, 4) is 17.7 Å². The minimum Gasteiger partial charge on any atom is -0.434 e. The zero-order chi connectivity index (χ0) is 24.5. The molecule has 2 aromatic heterocycles. The maximum Gasteiger partial charge on any atom is 0.242 e. The van der Waals surface area contributed by atoms with Gasteiger partial charge in [-0.3, -0.25) is 0 Å². The van der Waals surface area contributed by atoms with Gasteiger partial charge in [0, 0.05) is 54.7 Å². The summed E-state index contributed by atoms with van der Waals surface area (Å²) in [6.07, 6.45) is 1.20. The summed E-state index contributed by atoms with van der Waals surface area (Å²) in [5.41, 5.74) is 2.47. The van der Waals surface area contributed by atoms with Crippen molar-refractivity contribution in [2.45, 2.75) is 6.92 Å². The average molecular weight is 476 g/mol. The molecule has 2 aromatic carbocycles. The molecule has 8 nitrogen and oxygen atoms in total. The third-order valence-electron chi connectivity index (χ3n) is 6.03. The first-order valence-corrected chi connectivity index (χ1v) is 11.1. The highest BCUT2D eigenvalue weighted by Gasteiger charge is 2.20. The monoisotopic (exact) mass is 475 g/mol. The number of rotatable bonds is 5. The van der Waals surface area contributed by atoms with Crippen molar-refractivity contribution in [2.75, 3.05) is 43.4 Å². The van der Waals surface area contributed by atoms with Gasteiger partial charge in [0.2, 0.25) is 5.88 Å². The Balaban J connectivity index is 1.39. The Hall–Kier alpha value is -4.23. The van der Waals surface area contributed by atoms with E-state index in [1.807, 2.05) is 30.3 Å². The Kier molecular flexibility index (Phi) is 5.93. The summed E-state index contributed by atoms with van der Waals surface area (Å²) in [4.78, 5) is 15.5. The number of benzene rings is 2. The van der Waals surface area contributed by atoms with Crippen LogP contribution in [0.5, 0.6) is 11.6 Å². The van der Waals surface area contributed by atoms with E-state index in [1.54, 1.807) is 6.92 Å². The summed E-state index contributed by atoms with van der Waals surface area (Å²) < 4.78 is 35.0. The largest absolute Gasteiger partial charge is 0.434 e. The van der Waals surface area contributed by atoms with Crippen molar-refractivity contribution in [1.82, 2.24) is 19.9 Å². The molecule has 2 N–H and O–H groups in total. The molecule has 178 valence electrons. The SMILES string of the molecule is Cc1cc2c(F)c(Oc3ncnc(Nc4ccc(N5CCN(C)CC5)cc4)c3C#N)cc(F)c2[nH]1. The molecule has 1 aliphatic rings. The van der Waals surface area contributed by atoms with E-state index in [9.17, 15) is 14.0 Å². The first-order chi connectivity index (χ1) is 16.9. The fourth-order valence-corrected chi connectivity index (χ4v) is 4.11. The summed E-state index contributed by atoms with van der Waals surface area (Å²) in [6, 6.07) is 12.2. The van der Waals surface area contributed by atoms with Crippen LogP contribution in [-0.2, 0) is 0 Å². The molecule has 1 saturated heterocycles. The number of hydrogen-bond donors (Lipinski definition) is 2. The standard InChI is InChI=1S/C25H23F2N7O/c1-15-11-18-22(27)21(12-20(26)23(18)31-15)35-25-19(13-28)24(29-14-30-25)32-16-3-5-17(6-4-16)34-9-7-33(2)8-10-34/h3-6,11-12,14,31H,7-10H2,1-2H3,(H,29,30,32). The Bertz CT molecular complexity index is 1420. The second-order valence-electron chi connectivity index (χ2n) is 8.49. The van der Waals surface area contributed by atoms with Gasteiger partial charge in [-0.1, -0.05) is 0 Å². The molecule has 0 bridgehead atoms. The molecule has 0 saturated carbocycles. The normalized spacial score (nSPS) is 14.2. The molecule has 4 aromatic rings.